The minimum absolute atomic E-state index is 0.0246. The highest BCUT2D eigenvalue weighted by Crippen LogP contribution is 2.32. The van der Waals surface area contributed by atoms with Crippen molar-refractivity contribution in [2.45, 2.75) is 6.92 Å². The van der Waals surface area contributed by atoms with Crippen LogP contribution in [-0.2, 0) is 9.53 Å². The summed E-state index contributed by atoms with van der Waals surface area (Å²) in [5, 5.41) is 0. The molecule has 1 aromatic carbocycles. The summed E-state index contributed by atoms with van der Waals surface area (Å²) in [5.74, 6) is -5.68. The number of methoxy groups -OCH3 is 1. The first kappa shape index (κ1) is 14.6. The summed E-state index contributed by atoms with van der Waals surface area (Å²) in [6, 6.07) is 0.969. The first-order chi connectivity index (χ1) is 8.43. The largest absolute Gasteiger partial charge is 0.492 e. The second kappa shape index (κ2) is 5.90. The van der Waals surface area contributed by atoms with Gasteiger partial charge in [-0.1, -0.05) is 0 Å². The Kier molecular flexibility index (Phi) is 4.77. The second-order valence-electron chi connectivity index (χ2n) is 3.12. The fraction of sp³-hybridized carbons (Fsp3) is 0.273. The van der Waals surface area contributed by atoms with Gasteiger partial charge in [-0.15, -0.1) is 0 Å². The summed E-state index contributed by atoms with van der Waals surface area (Å²) in [6.45, 7) is 1.46. The van der Waals surface area contributed by atoms with Gasteiger partial charge in [-0.2, -0.15) is 4.39 Å². The normalized spacial score (nSPS) is 10.1. The summed E-state index contributed by atoms with van der Waals surface area (Å²) < 4.78 is 36.1. The van der Waals surface area contributed by atoms with E-state index < -0.39 is 29.0 Å². The van der Waals surface area contributed by atoms with Gasteiger partial charge in [0.25, 0.3) is 5.78 Å². The second-order valence-corrected chi connectivity index (χ2v) is 3.97. The van der Waals surface area contributed by atoms with Crippen LogP contribution in [0, 0.1) is 11.6 Å². The number of ether oxygens (including phenoxy) is 2. The number of benzene rings is 1. The molecule has 0 saturated heterocycles. The van der Waals surface area contributed by atoms with Crippen molar-refractivity contribution in [3.05, 3.63) is 27.7 Å². The predicted octanol–water partition coefficient (Wildman–Crippen LogP) is 2.48. The zero-order chi connectivity index (χ0) is 13.9. The lowest BCUT2D eigenvalue weighted by Gasteiger charge is -2.08. The van der Waals surface area contributed by atoms with Crippen molar-refractivity contribution in [3.63, 3.8) is 0 Å². The maximum absolute atomic E-state index is 13.6. The molecule has 0 unspecified atom stereocenters. The average molecular weight is 323 g/mol. The van der Waals surface area contributed by atoms with Crippen molar-refractivity contribution >= 4 is 27.7 Å². The number of esters is 1. The summed E-state index contributed by atoms with van der Waals surface area (Å²) in [5.41, 5.74) is -0.710. The van der Waals surface area contributed by atoms with Crippen LogP contribution >= 0.6 is 15.9 Å². The van der Waals surface area contributed by atoms with E-state index in [9.17, 15) is 18.4 Å². The van der Waals surface area contributed by atoms with Gasteiger partial charge in [-0.25, -0.2) is 9.18 Å². The number of hydrogen-bond acceptors (Lipinski definition) is 4. The minimum Gasteiger partial charge on any atom is -0.492 e. The first-order valence-corrected chi connectivity index (χ1v) is 5.66. The molecule has 0 saturated carbocycles. The van der Waals surface area contributed by atoms with E-state index in [0.717, 1.165) is 13.2 Å². The Hall–Kier alpha value is -1.50. The molecule has 98 valence electrons. The highest BCUT2D eigenvalue weighted by Gasteiger charge is 2.27. The van der Waals surface area contributed by atoms with E-state index in [0.29, 0.717) is 0 Å². The molecule has 0 atom stereocenters. The summed E-state index contributed by atoms with van der Waals surface area (Å²) in [4.78, 5) is 22.7. The van der Waals surface area contributed by atoms with E-state index in [1.807, 2.05) is 0 Å². The van der Waals surface area contributed by atoms with Crippen molar-refractivity contribution < 1.29 is 27.8 Å². The topological polar surface area (TPSA) is 52.6 Å². The molecule has 0 spiro atoms. The van der Waals surface area contributed by atoms with Gasteiger partial charge in [0.2, 0.25) is 5.82 Å². The monoisotopic (exact) mass is 322 g/mol. The van der Waals surface area contributed by atoms with Crippen LogP contribution < -0.4 is 4.74 Å². The van der Waals surface area contributed by atoms with E-state index in [1.165, 1.54) is 6.92 Å². The third kappa shape index (κ3) is 2.66. The summed E-state index contributed by atoms with van der Waals surface area (Å²) in [7, 11) is 1.15. The van der Waals surface area contributed by atoms with Crippen LogP contribution in [0.15, 0.2) is 10.5 Å². The fourth-order valence-corrected chi connectivity index (χ4v) is 1.80. The molecule has 4 nitrogen and oxygen atoms in total. The molecular weight excluding hydrogens is 314 g/mol. The first-order valence-electron chi connectivity index (χ1n) is 4.86. The molecule has 7 heteroatoms. The highest BCUT2D eigenvalue weighted by molar-refractivity contribution is 9.10. The van der Waals surface area contributed by atoms with E-state index in [2.05, 4.69) is 25.4 Å². The maximum atomic E-state index is 13.6. The van der Waals surface area contributed by atoms with Crippen molar-refractivity contribution in [2.75, 3.05) is 13.7 Å². The van der Waals surface area contributed by atoms with Crippen LogP contribution in [-0.4, -0.2) is 25.5 Å². The minimum atomic E-state index is -1.45. The third-order valence-electron chi connectivity index (χ3n) is 2.03. The molecule has 18 heavy (non-hydrogen) atoms. The predicted molar refractivity (Wildman–Crippen MR) is 61.6 cm³/mol. The lowest BCUT2D eigenvalue weighted by atomic mass is 10.1. The van der Waals surface area contributed by atoms with Gasteiger partial charge in [-0.05, 0) is 28.9 Å². The van der Waals surface area contributed by atoms with E-state index in [1.54, 1.807) is 0 Å². The maximum Gasteiger partial charge on any atom is 0.379 e. The Labute approximate surface area is 110 Å². The standard InChI is InChI=1S/C11H9BrF2O4/c1-3-18-11(16)9(15)5-4-6(12)10(17-2)8(14)7(5)13/h4H,3H2,1-2H3. The smallest absolute Gasteiger partial charge is 0.379 e. The SMILES string of the molecule is CCOC(=O)C(=O)c1cc(Br)c(OC)c(F)c1F. The molecule has 0 fully saturated rings. The number of carbonyl (C=O) groups is 2. The zero-order valence-electron chi connectivity index (χ0n) is 9.55. The number of rotatable bonds is 4. The van der Waals surface area contributed by atoms with Crippen LogP contribution in [0.1, 0.15) is 17.3 Å². The van der Waals surface area contributed by atoms with Crippen LogP contribution in [0.4, 0.5) is 8.78 Å². The van der Waals surface area contributed by atoms with Gasteiger partial charge in [-0.3, -0.25) is 4.79 Å². The third-order valence-corrected chi connectivity index (χ3v) is 2.62. The molecular formula is C11H9BrF2O4. The van der Waals surface area contributed by atoms with Gasteiger partial charge in [0.15, 0.2) is 11.6 Å². The summed E-state index contributed by atoms with van der Waals surface area (Å²) >= 11 is 2.91. The molecule has 0 aliphatic rings. The van der Waals surface area contributed by atoms with Gasteiger partial charge in [0.1, 0.15) is 0 Å². The molecule has 0 aromatic heterocycles. The van der Waals surface area contributed by atoms with E-state index >= 15 is 0 Å². The van der Waals surface area contributed by atoms with Crippen LogP contribution in [0.25, 0.3) is 0 Å². The Morgan fingerprint density at radius 3 is 2.44 bits per heavy atom. The molecule has 1 aromatic rings. The molecule has 0 bridgehead atoms. The number of ketones is 1. The van der Waals surface area contributed by atoms with Gasteiger partial charge in [0, 0.05) is 0 Å². The Morgan fingerprint density at radius 2 is 1.94 bits per heavy atom. The van der Waals surface area contributed by atoms with Crippen molar-refractivity contribution in [2.24, 2.45) is 0 Å². The molecule has 0 radical (unpaired) electrons. The van der Waals surface area contributed by atoms with Crippen molar-refractivity contribution in [1.29, 1.82) is 0 Å². The van der Waals surface area contributed by atoms with Gasteiger partial charge >= 0.3 is 5.97 Å². The molecule has 0 aliphatic heterocycles. The lowest BCUT2D eigenvalue weighted by molar-refractivity contribution is -0.137. The number of carbonyl (C=O) groups excluding carboxylic acids is 2. The molecule has 1 rings (SSSR count). The number of Topliss-reactive ketones (excluding diaryl/α,β-unsaturated/α-hetero) is 1. The average Bonchev–Trinajstić information content (AvgIpc) is 2.34. The molecule has 0 aliphatic carbocycles. The Bertz CT molecular complexity index is 502. The molecule has 0 heterocycles. The molecule has 0 amide bonds. The van der Waals surface area contributed by atoms with Crippen molar-refractivity contribution in [3.8, 4) is 5.75 Å². The van der Waals surface area contributed by atoms with Crippen LogP contribution in [0.3, 0.4) is 0 Å². The molecule has 0 N–H and O–H groups in total. The Balaban J connectivity index is 3.27. The highest BCUT2D eigenvalue weighted by atomic mass is 79.9. The van der Waals surface area contributed by atoms with Crippen molar-refractivity contribution in [1.82, 2.24) is 0 Å². The van der Waals surface area contributed by atoms with Gasteiger partial charge < -0.3 is 9.47 Å². The summed E-state index contributed by atoms with van der Waals surface area (Å²) in [6.07, 6.45) is 0. The lowest BCUT2D eigenvalue weighted by Crippen LogP contribution is -2.19. The number of halogens is 3. The Morgan fingerprint density at radius 1 is 1.33 bits per heavy atom. The quantitative estimate of drug-likeness (QED) is 0.370. The van der Waals surface area contributed by atoms with E-state index in [4.69, 9.17) is 0 Å². The fourth-order valence-electron chi connectivity index (χ4n) is 1.24. The van der Waals surface area contributed by atoms with Crippen LogP contribution in [0.5, 0.6) is 5.75 Å². The van der Waals surface area contributed by atoms with E-state index in [-0.39, 0.29) is 16.8 Å². The number of hydrogen-bond donors (Lipinski definition) is 0. The van der Waals surface area contributed by atoms with Crippen LogP contribution in [0.2, 0.25) is 0 Å². The zero-order valence-corrected chi connectivity index (χ0v) is 11.1. The van der Waals surface area contributed by atoms with Gasteiger partial charge in [0.05, 0.1) is 23.8 Å².